The summed E-state index contributed by atoms with van der Waals surface area (Å²) in [5, 5.41) is 11.0. The van der Waals surface area contributed by atoms with Crippen LogP contribution in [0.4, 0.5) is 0 Å². The summed E-state index contributed by atoms with van der Waals surface area (Å²) in [4.78, 5) is 0. The molecule has 1 saturated carbocycles. The molecule has 1 aromatic rings. The fraction of sp³-hybridized carbons (Fsp3) is 0.647. The van der Waals surface area contributed by atoms with E-state index in [0.29, 0.717) is 5.92 Å². The Hall–Kier alpha value is -0.860. The quantitative estimate of drug-likeness (QED) is 0.903. The molecule has 2 unspecified atom stereocenters. The highest BCUT2D eigenvalue weighted by atomic mass is 16.5. The largest absolute Gasteiger partial charge is 0.392 e. The van der Waals surface area contributed by atoms with Gasteiger partial charge in [0.15, 0.2) is 0 Å². The van der Waals surface area contributed by atoms with Gasteiger partial charge < -0.3 is 9.84 Å². The van der Waals surface area contributed by atoms with Crippen molar-refractivity contribution >= 4 is 0 Å². The number of benzene rings is 1. The van der Waals surface area contributed by atoms with Gasteiger partial charge in [-0.1, -0.05) is 43.2 Å². The third-order valence-electron chi connectivity index (χ3n) is 5.05. The number of hydrogen-bond donors (Lipinski definition) is 1. The van der Waals surface area contributed by atoms with Crippen molar-refractivity contribution in [1.29, 1.82) is 0 Å². The molecular formula is C17H24O2. The molecule has 2 heteroatoms. The molecule has 0 radical (unpaired) electrons. The molecule has 1 heterocycles. The predicted molar refractivity (Wildman–Crippen MR) is 76.1 cm³/mol. The van der Waals surface area contributed by atoms with Crippen LogP contribution in [0.3, 0.4) is 0 Å². The van der Waals surface area contributed by atoms with Crippen molar-refractivity contribution in [3.05, 3.63) is 35.9 Å². The van der Waals surface area contributed by atoms with Crippen molar-refractivity contribution in [2.75, 3.05) is 13.2 Å². The van der Waals surface area contributed by atoms with Crippen LogP contribution in [0.5, 0.6) is 0 Å². The molecule has 1 aromatic carbocycles. The van der Waals surface area contributed by atoms with Crippen molar-refractivity contribution in [3.8, 4) is 0 Å². The van der Waals surface area contributed by atoms with Crippen LogP contribution in [-0.4, -0.2) is 24.4 Å². The van der Waals surface area contributed by atoms with Gasteiger partial charge in [0.05, 0.1) is 12.7 Å². The van der Waals surface area contributed by atoms with Crippen LogP contribution >= 0.6 is 0 Å². The second-order valence-corrected chi connectivity index (χ2v) is 6.15. The SMILES string of the molecule is OC(C1CCCOC1)C1(c2ccccc2)CCCC1. The molecule has 1 saturated heterocycles. The van der Waals surface area contributed by atoms with E-state index in [2.05, 4.69) is 30.3 Å². The number of aliphatic hydroxyl groups is 1. The van der Waals surface area contributed by atoms with E-state index in [-0.39, 0.29) is 11.5 Å². The summed E-state index contributed by atoms with van der Waals surface area (Å²) in [6.07, 6.45) is 6.66. The van der Waals surface area contributed by atoms with Gasteiger partial charge in [-0.3, -0.25) is 0 Å². The summed E-state index contributed by atoms with van der Waals surface area (Å²) >= 11 is 0. The Morgan fingerprint density at radius 1 is 1.11 bits per heavy atom. The van der Waals surface area contributed by atoms with Crippen molar-refractivity contribution in [1.82, 2.24) is 0 Å². The van der Waals surface area contributed by atoms with Crippen LogP contribution in [0, 0.1) is 5.92 Å². The fourth-order valence-corrected chi connectivity index (χ4v) is 4.00. The molecule has 2 nitrogen and oxygen atoms in total. The van der Waals surface area contributed by atoms with Crippen LogP contribution < -0.4 is 0 Å². The minimum absolute atomic E-state index is 0.0212. The molecule has 1 N–H and O–H groups in total. The van der Waals surface area contributed by atoms with E-state index in [1.165, 1.54) is 18.4 Å². The zero-order valence-electron chi connectivity index (χ0n) is 11.6. The molecular weight excluding hydrogens is 236 g/mol. The van der Waals surface area contributed by atoms with E-state index in [0.717, 1.165) is 38.9 Å². The second kappa shape index (κ2) is 5.64. The average Bonchev–Trinajstić information content (AvgIpc) is 2.99. The van der Waals surface area contributed by atoms with Gasteiger partial charge in [0.2, 0.25) is 0 Å². The minimum atomic E-state index is -0.252. The molecule has 0 aromatic heterocycles. The lowest BCUT2D eigenvalue weighted by atomic mass is 9.69. The molecule has 2 aliphatic rings. The normalized spacial score (nSPS) is 28.2. The first kappa shape index (κ1) is 13.1. The Morgan fingerprint density at radius 2 is 1.84 bits per heavy atom. The van der Waals surface area contributed by atoms with Gasteiger partial charge in [-0.2, -0.15) is 0 Å². The van der Waals surface area contributed by atoms with E-state index in [9.17, 15) is 5.11 Å². The molecule has 104 valence electrons. The maximum absolute atomic E-state index is 11.0. The molecule has 19 heavy (non-hydrogen) atoms. The highest BCUT2D eigenvalue weighted by Crippen LogP contribution is 2.46. The number of rotatable bonds is 3. The topological polar surface area (TPSA) is 29.5 Å². The first-order valence-corrected chi connectivity index (χ1v) is 7.64. The van der Waals surface area contributed by atoms with Crippen LogP contribution in [0.25, 0.3) is 0 Å². The lowest BCUT2D eigenvalue weighted by Gasteiger charge is -2.40. The van der Waals surface area contributed by atoms with E-state index >= 15 is 0 Å². The first-order valence-electron chi connectivity index (χ1n) is 7.64. The van der Waals surface area contributed by atoms with Gasteiger partial charge in [0.1, 0.15) is 0 Å². The Bertz CT molecular complexity index is 389. The van der Waals surface area contributed by atoms with Gasteiger partial charge in [-0.05, 0) is 31.2 Å². The maximum Gasteiger partial charge on any atom is 0.0686 e. The molecule has 0 amide bonds. The standard InChI is InChI=1S/C17H24O2/c18-16(14-7-6-12-19-13-14)17(10-4-5-11-17)15-8-2-1-3-9-15/h1-3,8-9,14,16,18H,4-7,10-13H2. The zero-order chi connectivity index (χ0) is 13.1. The maximum atomic E-state index is 11.0. The van der Waals surface area contributed by atoms with E-state index in [1.807, 2.05) is 0 Å². The van der Waals surface area contributed by atoms with Crippen molar-refractivity contribution < 1.29 is 9.84 Å². The molecule has 2 fully saturated rings. The van der Waals surface area contributed by atoms with E-state index in [4.69, 9.17) is 4.74 Å². The van der Waals surface area contributed by atoms with Gasteiger partial charge >= 0.3 is 0 Å². The lowest BCUT2D eigenvalue weighted by molar-refractivity contribution is -0.0432. The molecule has 0 spiro atoms. The van der Waals surface area contributed by atoms with Gasteiger partial charge in [-0.25, -0.2) is 0 Å². The number of hydrogen-bond acceptors (Lipinski definition) is 2. The number of aliphatic hydroxyl groups excluding tert-OH is 1. The first-order chi connectivity index (χ1) is 9.33. The van der Waals surface area contributed by atoms with Crippen LogP contribution in [0.15, 0.2) is 30.3 Å². The zero-order valence-corrected chi connectivity index (χ0v) is 11.6. The van der Waals surface area contributed by atoms with Crippen LogP contribution in [0.2, 0.25) is 0 Å². The summed E-state index contributed by atoms with van der Waals surface area (Å²) in [5.41, 5.74) is 1.30. The molecule has 2 atom stereocenters. The molecule has 3 rings (SSSR count). The van der Waals surface area contributed by atoms with Gasteiger partial charge in [0, 0.05) is 17.9 Å². The Balaban J connectivity index is 1.87. The third-order valence-corrected chi connectivity index (χ3v) is 5.05. The highest BCUT2D eigenvalue weighted by Gasteiger charge is 2.45. The molecule has 1 aliphatic carbocycles. The van der Waals surface area contributed by atoms with Crippen molar-refractivity contribution in [2.24, 2.45) is 5.92 Å². The predicted octanol–water partition coefficient (Wildman–Crippen LogP) is 3.29. The van der Waals surface area contributed by atoms with Gasteiger partial charge in [0.25, 0.3) is 0 Å². The van der Waals surface area contributed by atoms with Crippen LogP contribution in [-0.2, 0) is 10.2 Å². The summed E-state index contributed by atoms with van der Waals surface area (Å²) in [5.74, 6) is 0.312. The summed E-state index contributed by atoms with van der Waals surface area (Å²) < 4.78 is 5.58. The lowest BCUT2D eigenvalue weighted by Crippen LogP contribution is -2.44. The Labute approximate surface area is 115 Å². The van der Waals surface area contributed by atoms with Gasteiger partial charge in [-0.15, -0.1) is 0 Å². The summed E-state index contributed by atoms with van der Waals surface area (Å²) in [6, 6.07) is 10.6. The fourth-order valence-electron chi connectivity index (χ4n) is 4.00. The van der Waals surface area contributed by atoms with E-state index < -0.39 is 0 Å². The summed E-state index contributed by atoms with van der Waals surface area (Å²) in [6.45, 7) is 1.59. The van der Waals surface area contributed by atoms with E-state index in [1.54, 1.807) is 0 Å². The Kier molecular flexibility index (Phi) is 3.90. The average molecular weight is 260 g/mol. The van der Waals surface area contributed by atoms with Crippen molar-refractivity contribution in [2.45, 2.75) is 50.0 Å². The number of ether oxygens (including phenoxy) is 1. The smallest absolute Gasteiger partial charge is 0.0686 e. The third kappa shape index (κ3) is 2.44. The minimum Gasteiger partial charge on any atom is -0.392 e. The monoisotopic (exact) mass is 260 g/mol. The molecule has 0 bridgehead atoms. The van der Waals surface area contributed by atoms with Crippen LogP contribution in [0.1, 0.15) is 44.1 Å². The second-order valence-electron chi connectivity index (χ2n) is 6.15. The van der Waals surface area contributed by atoms with Crippen molar-refractivity contribution in [3.63, 3.8) is 0 Å². The highest BCUT2D eigenvalue weighted by molar-refractivity contribution is 5.28. The summed E-state index contributed by atoms with van der Waals surface area (Å²) in [7, 11) is 0. The molecule has 1 aliphatic heterocycles. The Morgan fingerprint density at radius 3 is 2.47 bits per heavy atom.